The first-order chi connectivity index (χ1) is 17.1. The molecule has 0 radical (unpaired) electrons. The molecule has 35 heavy (non-hydrogen) atoms. The Morgan fingerprint density at radius 2 is 1.37 bits per heavy atom. The van der Waals surface area contributed by atoms with Crippen LogP contribution in [-0.4, -0.2) is 37.7 Å². The van der Waals surface area contributed by atoms with Crippen molar-refractivity contribution in [2.45, 2.75) is 6.04 Å². The Kier molecular flexibility index (Phi) is 7.26. The Hall–Kier alpha value is -3.02. The molecule has 3 aromatic rings. The summed E-state index contributed by atoms with van der Waals surface area (Å²) in [5.74, 6) is 4.26. The van der Waals surface area contributed by atoms with Crippen LogP contribution in [0.3, 0.4) is 0 Å². The van der Waals surface area contributed by atoms with Crippen molar-refractivity contribution in [2.24, 2.45) is 0 Å². The van der Waals surface area contributed by atoms with Gasteiger partial charge in [0.15, 0.2) is 7.29 Å². The highest BCUT2D eigenvalue weighted by Crippen LogP contribution is 2.53. The lowest BCUT2D eigenvalue weighted by atomic mass is 10.0. The van der Waals surface area contributed by atoms with Crippen molar-refractivity contribution < 1.29 is 18.4 Å². The summed E-state index contributed by atoms with van der Waals surface area (Å²) in [6.07, 6.45) is 0. The van der Waals surface area contributed by atoms with Crippen LogP contribution in [-0.2, 0) is 14.0 Å². The predicted octanol–water partition coefficient (Wildman–Crippen LogP) is 6.09. The zero-order chi connectivity index (χ0) is 24.1. The Labute approximate surface area is 205 Å². The molecule has 2 heterocycles. The Morgan fingerprint density at radius 3 is 1.91 bits per heavy atom. The molecule has 0 amide bonds. The molecule has 0 spiro atoms. The van der Waals surface area contributed by atoms with Crippen molar-refractivity contribution in [1.29, 1.82) is 0 Å². The summed E-state index contributed by atoms with van der Waals surface area (Å²) in [7, 11) is -3.12. The van der Waals surface area contributed by atoms with Crippen LogP contribution in [0.1, 0.15) is 22.7 Å². The molecule has 2 aliphatic heterocycles. The number of hydrogen-bond donors (Lipinski definition) is 1. The molecule has 0 aromatic heterocycles. The highest BCUT2D eigenvalue weighted by atomic mass is 31.2. The van der Waals surface area contributed by atoms with Crippen LogP contribution in [0.5, 0.6) is 0 Å². The second kappa shape index (κ2) is 10.7. The van der Waals surface area contributed by atoms with Crippen LogP contribution in [0, 0.1) is 5.82 Å². The Bertz CT molecular complexity index is 1180. The molecule has 0 bridgehead atoms. The topological polar surface area (TPSA) is 50.8 Å². The Morgan fingerprint density at radius 1 is 0.829 bits per heavy atom. The second-order valence-electron chi connectivity index (χ2n) is 8.61. The van der Waals surface area contributed by atoms with Crippen LogP contribution < -0.4 is 5.09 Å². The smallest absolute Gasteiger partial charge is 0.198 e. The van der Waals surface area contributed by atoms with Gasteiger partial charge in [-0.05, 0) is 17.7 Å². The summed E-state index contributed by atoms with van der Waals surface area (Å²) in [6.45, 7) is 3.22. The van der Waals surface area contributed by atoms with E-state index in [1.54, 1.807) is 23.8 Å². The minimum absolute atomic E-state index is 0.0738. The molecule has 0 aliphatic carbocycles. The Balaban J connectivity index is 1.46. The van der Waals surface area contributed by atoms with Crippen molar-refractivity contribution >= 4 is 18.8 Å². The average Bonchev–Trinajstić information content (AvgIpc) is 2.91. The zero-order valence-electron chi connectivity index (χ0n) is 19.3. The van der Waals surface area contributed by atoms with Crippen molar-refractivity contribution in [3.63, 3.8) is 0 Å². The fraction of sp³-hybridized carbons (Fsp3) is 0.214. The van der Waals surface area contributed by atoms with Crippen molar-refractivity contribution in [1.82, 2.24) is 9.99 Å². The first kappa shape index (κ1) is 23.7. The number of halogens is 1. The lowest BCUT2D eigenvalue weighted by Gasteiger charge is -2.35. The molecule has 180 valence electrons. The number of nitrogens with zero attached hydrogens (tertiary/aromatic N) is 1. The summed E-state index contributed by atoms with van der Waals surface area (Å²) in [5, 5.41) is 3.35. The van der Waals surface area contributed by atoms with Gasteiger partial charge in [-0.25, -0.2) is 4.39 Å². The molecule has 2 aliphatic rings. The number of nitrogens with one attached hydrogen (secondary N) is 1. The maximum Gasteiger partial charge on any atom is 0.198 e. The molecule has 1 atom stereocenters. The van der Waals surface area contributed by atoms with E-state index in [1.165, 1.54) is 12.1 Å². The molecule has 5 rings (SSSR count). The lowest BCUT2D eigenvalue weighted by Crippen LogP contribution is -2.42. The van der Waals surface area contributed by atoms with Gasteiger partial charge in [0, 0.05) is 48.4 Å². The molecule has 3 aromatic carbocycles. The fourth-order valence-electron chi connectivity index (χ4n) is 4.38. The quantitative estimate of drug-likeness (QED) is 0.406. The van der Waals surface area contributed by atoms with Gasteiger partial charge in [0.1, 0.15) is 17.3 Å². The third-order valence-electron chi connectivity index (χ3n) is 6.23. The molecule has 0 unspecified atom stereocenters. The molecular formula is C28H28FN2O3P. The van der Waals surface area contributed by atoms with E-state index in [0.717, 1.165) is 29.8 Å². The van der Waals surface area contributed by atoms with E-state index in [0.29, 0.717) is 31.3 Å². The molecule has 1 N–H and O–H groups in total. The van der Waals surface area contributed by atoms with Crippen LogP contribution in [0.15, 0.2) is 96.6 Å². The summed E-state index contributed by atoms with van der Waals surface area (Å²) in [4.78, 5) is 2.29. The van der Waals surface area contributed by atoms with E-state index in [1.807, 2.05) is 60.7 Å². The van der Waals surface area contributed by atoms with Gasteiger partial charge < -0.3 is 9.47 Å². The third-order valence-corrected chi connectivity index (χ3v) is 8.14. The highest BCUT2D eigenvalue weighted by molar-refractivity contribution is 7.68. The summed E-state index contributed by atoms with van der Waals surface area (Å²) < 4.78 is 39.6. The number of benzene rings is 3. The van der Waals surface area contributed by atoms with E-state index >= 15 is 0 Å². The van der Waals surface area contributed by atoms with E-state index < -0.39 is 7.29 Å². The number of morpholine rings is 1. The largest absolute Gasteiger partial charge is 0.456 e. The second-order valence-corrected chi connectivity index (χ2v) is 10.9. The van der Waals surface area contributed by atoms with Gasteiger partial charge >= 0.3 is 0 Å². The number of rotatable bonds is 7. The monoisotopic (exact) mass is 490 g/mol. The third kappa shape index (κ3) is 5.80. The van der Waals surface area contributed by atoms with Crippen molar-refractivity contribution in [3.8, 4) is 0 Å². The maximum atomic E-state index is 14.2. The van der Waals surface area contributed by atoms with E-state index in [4.69, 9.17) is 9.47 Å². The van der Waals surface area contributed by atoms with Gasteiger partial charge in [-0.3, -0.25) is 14.6 Å². The van der Waals surface area contributed by atoms with Gasteiger partial charge in [-0.15, -0.1) is 0 Å². The normalized spacial score (nSPS) is 18.8. The molecule has 7 heteroatoms. The van der Waals surface area contributed by atoms with E-state index in [9.17, 15) is 8.96 Å². The molecule has 5 nitrogen and oxygen atoms in total. The average molecular weight is 491 g/mol. The SMILES string of the molecule is O=P1(NC[C@H](c2ccc(F)cc2)N2CCOCC2)C=C(c2ccccc2)OC(c2ccccc2)=C1. The molecule has 1 fully saturated rings. The number of ether oxygens (including phenoxy) is 2. The van der Waals surface area contributed by atoms with Gasteiger partial charge in [0.2, 0.25) is 0 Å². The van der Waals surface area contributed by atoms with E-state index in [-0.39, 0.29) is 11.9 Å². The fourth-order valence-corrected chi connectivity index (χ4v) is 6.20. The van der Waals surface area contributed by atoms with Crippen LogP contribution >= 0.6 is 7.29 Å². The van der Waals surface area contributed by atoms with E-state index in [2.05, 4.69) is 9.99 Å². The minimum atomic E-state index is -3.12. The first-order valence-electron chi connectivity index (χ1n) is 11.8. The summed E-state index contributed by atoms with van der Waals surface area (Å²) >= 11 is 0. The molecular weight excluding hydrogens is 462 g/mol. The first-order valence-corrected chi connectivity index (χ1v) is 13.6. The van der Waals surface area contributed by atoms with Crippen LogP contribution in [0.4, 0.5) is 4.39 Å². The van der Waals surface area contributed by atoms with Crippen LogP contribution in [0.25, 0.3) is 11.5 Å². The molecule has 0 saturated carbocycles. The van der Waals surface area contributed by atoms with Gasteiger partial charge in [-0.1, -0.05) is 72.8 Å². The van der Waals surface area contributed by atoms with Crippen molar-refractivity contribution in [3.05, 3.63) is 119 Å². The maximum absolute atomic E-state index is 14.2. The highest BCUT2D eigenvalue weighted by Gasteiger charge is 2.30. The van der Waals surface area contributed by atoms with Gasteiger partial charge in [0.05, 0.1) is 13.2 Å². The lowest BCUT2D eigenvalue weighted by molar-refractivity contribution is 0.0172. The predicted molar refractivity (Wildman–Crippen MR) is 137 cm³/mol. The van der Waals surface area contributed by atoms with Crippen molar-refractivity contribution in [2.75, 3.05) is 32.8 Å². The van der Waals surface area contributed by atoms with Gasteiger partial charge in [0.25, 0.3) is 0 Å². The number of hydrogen-bond acceptors (Lipinski definition) is 4. The van der Waals surface area contributed by atoms with Gasteiger partial charge in [-0.2, -0.15) is 0 Å². The zero-order valence-corrected chi connectivity index (χ0v) is 20.2. The standard InChI is InChI=1S/C28H28FN2O3P/c29-25-13-11-22(12-14-25)26(31-15-17-33-18-16-31)19-30-35(32)20-27(23-7-3-1-4-8-23)34-28(21-35)24-9-5-2-6-10-24/h1-14,20-21,26H,15-19H2,(H,30,32)/t26-/m1/s1. The summed E-state index contributed by atoms with van der Waals surface area (Å²) in [5.41, 5.74) is 2.69. The summed E-state index contributed by atoms with van der Waals surface area (Å²) in [6, 6.07) is 25.8. The van der Waals surface area contributed by atoms with Crippen LogP contribution in [0.2, 0.25) is 0 Å². The molecule has 1 saturated heterocycles. The minimum Gasteiger partial charge on any atom is -0.456 e.